The number of amides is 1. The maximum absolute atomic E-state index is 14.0. The molecule has 3 aromatic rings. The van der Waals surface area contributed by atoms with E-state index in [0.717, 1.165) is 55.4 Å². The first kappa shape index (κ1) is 29.8. The van der Waals surface area contributed by atoms with Gasteiger partial charge in [0.05, 0.1) is 17.9 Å². The van der Waals surface area contributed by atoms with Crippen LogP contribution in [0.3, 0.4) is 0 Å². The molecule has 5 rings (SSSR count). The number of carbonyl (C=O) groups excluding carboxylic acids is 1. The molecule has 0 bridgehead atoms. The summed E-state index contributed by atoms with van der Waals surface area (Å²) < 4.78 is 59.8. The van der Waals surface area contributed by atoms with Gasteiger partial charge in [0, 0.05) is 62.6 Å². The van der Waals surface area contributed by atoms with Gasteiger partial charge in [0.1, 0.15) is 11.4 Å². The second-order valence-electron chi connectivity index (χ2n) is 10.7. The van der Waals surface area contributed by atoms with Crippen LogP contribution in [-0.2, 0) is 28.0 Å². The Kier molecular flexibility index (Phi) is 8.48. The summed E-state index contributed by atoms with van der Waals surface area (Å²) in [6, 6.07) is 10.5. The Hall–Kier alpha value is -3.63. The van der Waals surface area contributed by atoms with E-state index in [1.807, 2.05) is 6.07 Å². The average Bonchev–Trinajstić information content (AvgIpc) is 3.24. The van der Waals surface area contributed by atoms with E-state index >= 15 is 0 Å². The zero-order valence-electron chi connectivity index (χ0n) is 23.8. The summed E-state index contributed by atoms with van der Waals surface area (Å²) in [6.07, 6.45) is -0.479. The normalized spacial score (nSPS) is 16.8. The molecule has 3 heterocycles. The molecule has 1 fully saturated rings. The first-order chi connectivity index (χ1) is 19.9. The van der Waals surface area contributed by atoms with Crippen molar-refractivity contribution in [1.29, 1.82) is 0 Å². The Bertz CT molecular complexity index is 1510. The van der Waals surface area contributed by atoms with Crippen molar-refractivity contribution in [2.24, 2.45) is 0 Å². The van der Waals surface area contributed by atoms with Crippen molar-refractivity contribution in [2.45, 2.75) is 45.1 Å². The topological polar surface area (TPSA) is 99.7 Å². The highest BCUT2D eigenvalue weighted by molar-refractivity contribution is 7.57. The van der Waals surface area contributed by atoms with Crippen LogP contribution in [0.1, 0.15) is 53.2 Å². The lowest BCUT2D eigenvalue weighted by atomic mass is 10.0. The summed E-state index contributed by atoms with van der Waals surface area (Å²) in [7, 11) is -1.09. The fraction of sp³-hybridized carbons (Fsp3) is 0.414. The summed E-state index contributed by atoms with van der Waals surface area (Å²) in [6.45, 7) is 5.85. The van der Waals surface area contributed by atoms with Gasteiger partial charge in [0.15, 0.2) is 0 Å². The number of fused-ring (bicyclic) bond motifs is 1. The van der Waals surface area contributed by atoms with E-state index in [2.05, 4.69) is 25.5 Å². The maximum Gasteiger partial charge on any atom is 0.421 e. The number of halogens is 3. The summed E-state index contributed by atoms with van der Waals surface area (Å²) in [4.78, 5) is 25.0. The minimum absolute atomic E-state index is 0.0567. The predicted molar refractivity (Wildman–Crippen MR) is 157 cm³/mol. The number of rotatable bonds is 9. The van der Waals surface area contributed by atoms with Crippen LogP contribution in [0.5, 0.6) is 0 Å². The van der Waals surface area contributed by atoms with E-state index in [1.165, 1.54) is 0 Å². The smallest absolute Gasteiger partial charge is 0.371 e. The van der Waals surface area contributed by atoms with E-state index in [1.54, 1.807) is 55.9 Å². The van der Waals surface area contributed by atoms with Crippen LogP contribution in [0.2, 0.25) is 0 Å². The fourth-order valence-corrected chi connectivity index (χ4v) is 6.93. The highest BCUT2D eigenvalue weighted by Gasteiger charge is 2.37. The number of anilines is 5. The molecule has 0 saturated carbocycles. The van der Waals surface area contributed by atoms with Gasteiger partial charge in [0.2, 0.25) is 13.3 Å². The Labute approximate surface area is 242 Å². The lowest BCUT2D eigenvalue weighted by Crippen LogP contribution is -2.30. The van der Waals surface area contributed by atoms with Gasteiger partial charge in [-0.3, -0.25) is 9.36 Å². The van der Waals surface area contributed by atoms with Gasteiger partial charge in [-0.2, -0.15) is 18.2 Å². The van der Waals surface area contributed by atoms with Crippen molar-refractivity contribution in [1.82, 2.24) is 14.9 Å². The molecule has 2 aliphatic heterocycles. The number of hydrogen-bond donors (Lipinski definition) is 2. The first-order valence-corrected chi connectivity index (χ1v) is 16.2. The monoisotopic (exact) mass is 602 g/mol. The zero-order valence-corrected chi connectivity index (χ0v) is 24.7. The van der Waals surface area contributed by atoms with Crippen LogP contribution in [0.25, 0.3) is 0 Å². The number of nitrogens with one attached hydrogen (secondary N) is 2. The molecule has 1 atom stereocenters. The molecule has 1 saturated heterocycles. The molecule has 0 aliphatic carbocycles. The van der Waals surface area contributed by atoms with Crippen molar-refractivity contribution in [3.8, 4) is 0 Å². The number of nitrogens with zero attached hydrogens (tertiary/aromatic N) is 4. The van der Waals surface area contributed by atoms with E-state index in [0.29, 0.717) is 24.4 Å². The molecular weight excluding hydrogens is 568 g/mol. The van der Waals surface area contributed by atoms with Gasteiger partial charge in [-0.15, -0.1) is 0 Å². The van der Waals surface area contributed by atoms with Crippen LogP contribution in [-0.4, -0.2) is 54.2 Å². The average molecular weight is 603 g/mol. The Balaban J connectivity index is 1.44. The second-order valence-corrected chi connectivity index (χ2v) is 13.3. The standard InChI is InChI=1S/C29H34F3N6O3P/c1-4-41-42(3,40)18-19-8-10-20(11-9-19)34-28-33-16-22(29(30,31)32)26(36-28)35-23-12-13-24(38-14-6-5-7-15-38)21-17-37(2)27(39)25(21)23/h8-13,16H,4-7,14-15,17-18H2,1-3H3,(H2,33,34,35,36). The number of piperidine rings is 1. The molecule has 1 amide bonds. The van der Waals surface area contributed by atoms with Gasteiger partial charge in [0.25, 0.3) is 5.91 Å². The van der Waals surface area contributed by atoms with Crippen LogP contribution >= 0.6 is 7.37 Å². The molecule has 42 heavy (non-hydrogen) atoms. The van der Waals surface area contributed by atoms with Crippen LogP contribution in [0, 0.1) is 0 Å². The van der Waals surface area contributed by atoms with Gasteiger partial charge < -0.3 is 25.0 Å². The minimum atomic E-state index is -4.73. The quantitative estimate of drug-likeness (QED) is 0.253. The lowest BCUT2D eigenvalue weighted by molar-refractivity contribution is -0.137. The third-order valence-corrected chi connectivity index (χ3v) is 9.11. The van der Waals surface area contributed by atoms with Gasteiger partial charge in [-0.25, -0.2) is 4.98 Å². The van der Waals surface area contributed by atoms with E-state index in [4.69, 9.17) is 4.52 Å². The zero-order chi connectivity index (χ0) is 30.1. The molecular formula is C29H34F3N6O3P. The predicted octanol–water partition coefficient (Wildman–Crippen LogP) is 7.00. The van der Waals surface area contributed by atoms with Crippen LogP contribution in [0.15, 0.2) is 42.6 Å². The largest absolute Gasteiger partial charge is 0.421 e. The van der Waals surface area contributed by atoms with Crippen molar-refractivity contribution in [2.75, 3.05) is 48.9 Å². The van der Waals surface area contributed by atoms with Crippen LogP contribution in [0.4, 0.5) is 42.0 Å². The van der Waals surface area contributed by atoms with Crippen molar-refractivity contribution >= 4 is 42.1 Å². The Morgan fingerprint density at radius 3 is 2.43 bits per heavy atom. The number of alkyl halides is 3. The molecule has 13 heteroatoms. The number of benzene rings is 2. The van der Waals surface area contributed by atoms with Gasteiger partial charge in [-0.05, 0) is 56.0 Å². The van der Waals surface area contributed by atoms with Crippen molar-refractivity contribution in [3.63, 3.8) is 0 Å². The third-order valence-electron chi connectivity index (χ3n) is 7.37. The number of aromatic nitrogens is 2. The molecule has 1 unspecified atom stereocenters. The first-order valence-electron chi connectivity index (χ1n) is 13.9. The molecule has 2 aliphatic rings. The van der Waals surface area contributed by atoms with Crippen LogP contribution < -0.4 is 15.5 Å². The Morgan fingerprint density at radius 2 is 1.76 bits per heavy atom. The van der Waals surface area contributed by atoms with E-state index in [-0.39, 0.29) is 23.7 Å². The minimum Gasteiger partial charge on any atom is -0.371 e. The van der Waals surface area contributed by atoms with Gasteiger partial charge in [-0.1, -0.05) is 12.1 Å². The molecule has 2 aromatic carbocycles. The SMILES string of the molecule is CCOP(C)(=O)Cc1ccc(Nc2ncc(C(F)(F)F)c(Nc3ccc(N4CCCCC4)c4c3C(=O)N(C)C4)n2)cc1. The molecule has 2 N–H and O–H groups in total. The highest BCUT2D eigenvalue weighted by Crippen LogP contribution is 2.46. The molecule has 1 aromatic heterocycles. The molecule has 0 radical (unpaired) electrons. The van der Waals surface area contributed by atoms with Crippen molar-refractivity contribution in [3.05, 3.63) is 64.8 Å². The summed E-state index contributed by atoms with van der Waals surface area (Å²) in [5, 5.41) is 5.74. The molecule has 0 spiro atoms. The van der Waals surface area contributed by atoms with E-state index in [9.17, 15) is 22.5 Å². The van der Waals surface area contributed by atoms with Gasteiger partial charge >= 0.3 is 6.18 Å². The third kappa shape index (κ3) is 6.55. The number of carbonyl (C=O) groups is 1. The van der Waals surface area contributed by atoms with E-state index < -0.39 is 24.9 Å². The van der Waals surface area contributed by atoms with Crippen molar-refractivity contribution < 1.29 is 27.1 Å². The molecule has 224 valence electrons. The summed E-state index contributed by atoms with van der Waals surface area (Å²) >= 11 is 0. The number of hydrogen-bond acceptors (Lipinski definition) is 8. The summed E-state index contributed by atoms with van der Waals surface area (Å²) in [5.41, 5.74) is 2.65. The Morgan fingerprint density at radius 1 is 1.05 bits per heavy atom. The highest BCUT2D eigenvalue weighted by atomic mass is 31.2. The molecule has 9 nitrogen and oxygen atoms in total. The maximum atomic E-state index is 14.0. The lowest BCUT2D eigenvalue weighted by Gasteiger charge is -2.30. The summed E-state index contributed by atoms with van der Waals surface area (Å²) in [5.74, 6) is -0.775. The fourth-order valence-electron chi connectivity index (χ4n) is 5.42. The second kappa shape index (κ2) is 11.9.